The highest BCUT2D eigenvalue weighted by Crippen LogP contribution is 2.24. The Balaban J connectivity index is 2.33. The van der Waals surface area contributed by atoms with Crippen LogP contribution in [0.3, 0.4) is 0 Å². The van der Waals surface area contributed by atoms with Gasteiger partial charge in [-0.2, -0.15) is 0 Å². The predicted octanol–water partition coefficient (Wildman–Crippen LogP) is 4.80. The SMILES string of the molecule is CCc1ccc(C(=O)c2ccc(I)c(Cl)c2)s1. The normalized spacial score (nSPS) is 10.5. The lowest BCUT2D eigenvalue weighted by Crippen LogP contribution is -1.98. The zero-order chi connectivity index (χ0) is 12.4. The highest BCUT2D eigenvalue weighted by atomic mass is 127. The van der Waals surface area contributed by atoms with Crippen molar-refractivity contribution in [1.29, 1.82) is 0 Å². The first kappa shape index (κ1) is 13.1. The summed E-state index contributed by atoms with van der Waals surface area (Å²) in [6.45, 7) is 2.09. The van der Waals surface area contributed by atoms with E-state index in [0.717, 1.165) is 14.9 Å². The minimum Gasteiger partial charge on any atom is -0.288 e. The van der Waals surface area contributed by atoms with Crippen molar-refractivity contribution < 1.29 is 4.79 Å². The zero-order valence-corrected chi connectivity index (χ0v) is 12.9. The molecule has 1 nitrogen and oxygen atoms in total. The molecule has 0 unspecified atom stereocenters. The van der Waals surface area contributed by atoms with E-state index in [-0.39, 0.29) is 5.78 Å². The third kappa shape index (κ3) is 2.89. The lowest BCUT2D eigenvalue weighted by molar-refractivity contribution is 0.104. The van der Waals surface area contributed by atoms with Crippen molar-refractivity contribution in [1.82, 2.24) is 0 Å². The molecule has 1 aromatic carbocycles. The molecular weight excluding hydrogens is 367 g/mol. The van der Waals surface area contributed by atoms with Crippen LogP contribution in [0.5, 0.6) is 0 Å². The van der Waals surface area contributed by atoms with E-state index in [4.69, 9.17) is 11.6 Å². The van der Waals surface area contributed by atoms with Gasteiger partial charge in [-0.1, -0.05) is 18.5 Å². The van der Waals surface area contributed by atoms with Crippen molar-refractivity contribution in [2.75, 3.05) is 0 Å². The van der Waals surface area contributed by atoms with E-state index < -0.39 is 0 Å². The van der Waals surface area contributed by atoms with Gasteiger partial charge in [0.05, 0.1) is 9.90 Å². The van der Waals surface area contributed by atoms with E-state index in [1.54, 1.807) is 17.4 Å². The van der Waals surface area contributed by atoms with Crippen LogP contribution < -0.4 is 0 Å². The Hall–Kier alpha value is -0.390. The van der Waals surface area contributed by atoms with Gasteiger partial charge in [0, 0.05) is 14.0 Å². The molecule has 0 atom stereocenters. The summed E-state index contributed by atoms with van der Waals surface area (Å²) in [5.74, 6) is 0.0491. The summed E-state index contributed by atoms with van der Waals surface area (Å²) in [5.41, 5.74) is 0.653. The molecule has 4 heteroatoms. The first-order valence-corrected chi connectivity index (χ1v) is 7.47. The zero-order valence-electron chi connectivity index (χ0n) is 9.17. The summed E-state index contributed by atoms with van der Waals surface area (Å²) in [4.78, 5) is 14.2. The Morgan fingerprint density at radius 2 is 2.12 bits per heavy atom. The second-order valence-electron chi connectivity index (χ2n) is 3.58. The van der Waals surface area contributed by atoms with E-state index in [2.05, 4.69) is 29.5 Å². The largest absolute Gasteiger partial charge is 0.288 e. The van der Waals surface area contributed by atoms with E-state index in [1.807, 2.05) is 24.3 Å². The van der Waals surface area contributed by atoms with Gasteiger partial charge in [-0.3, -0.25) is 4.79 Å². The number of hydrogen-bond donors (Lipinski definition) is 0. The molecule has 1 aromatic heterocycles. The topological polar surface area (TPSA) is 17.1 Å². The number of halogens is 2. The van der Waals surface area contributed by atoms with Crippen LogP contribution in [-0.2, 0) is 6.42 Å². The Bertz CT molecular complexity index is 562. The monoisotopic (exact) mass is 376 g/mol. The highest BCUT2D eigenvalue weighted by molar-refractivity contribution is 14.1. The molecule has 0 bridgehead atoms. The van der Waals surface area contributed by atoms with Gasteiger partial charge < -0.3 is 0 Å². The Labute approximate surface area is 123 Å². The minimum absolute atomic E-state index is 0.0491. The maximum atomic E-state index is 12.2. The first-order valence-electron chi connectivity index (χ1n) is 5.20. The highest BCUT2D eigenvalue weighted by Gasteiger charge is 2.12. The van der Waals surface area contributed by atoms with Crippen molar-refractivity contribution in [3.63, 3.8) is 0 Å². The summed E-state index contributed by atoms with van der Waals surface area (Å²) < 4.78 is 0.959. The lowest BCUT2D eigenvalue weighted by Gasteiger charge is -2.00. The van der Waals surface area contributed by atoms with Gasteiger partial charge in [-0.05, 0) is 59.3 Å². The molecule has 0 saturated heterocycles. The molecule has 1 heterocycles. The number of hydrogen-bond acceptors (Lipinski definition) is 2. The van der Waals surface area contributed by atoms with E-state index in [0.29, 0.717) is 10.6 Å². The molecular formula is C13H10ClIOS. The average Bonchev–Trinajstić information content (AvgIpc) is 2.80. The van der Waals surface area contributed by atoms with Crippen LogP contribution in [0.4, 0.5) is 0 Å². The van der Waals surface area contributed by atoms with Crippen LogP contribution in [0.1, 0.15) is 27.0 Å². The van der Waals surface area contributed by atoms with Crippen molar-refractivity contribution in [2.24, 2.45) is 0 Å². The van der Waals surface area contributed by atoms with Gasteiger partial charge >= 0.3 is 0 Å². The van der Waals surface area contributed by atoms with Gasteiger partial charge in [-0.25, -0.2) is 0 Å². The molecule has 2 aromatic rings. The Kier molecular flexibility index (Phi) is 4.22. The van der Waals surface area contributed by atoms with Crippen LogP contribution in [0, 0.1) is 3.57 Å². The summed E-state index contributed by atoms with van der Waals surface area (Å²) in [5, 5.41) is 0.628. The number of thiophene rings is 1. The number of rotatable bonds is 3. The van der Waals surface area contributed by atoms with E-state index in [1.165, 1.54) is 4.88 Å². The van der Waals surface area contributed by atoms with E-state index in [9.17, 15) is 4.79 Å². The molecule has 0 spiro atoms. The lowest BCUT2D eigenvalue weighted by atomic mass is 10.1. The Morgan fingerprint density at radius 3 is 2.71 bits per heavy atom. The maximum Gasteiger partial charge on any atom is 0.203 e. The molecule has 0 radical (unpaired) electrons. The van der Waals surface area contributed by atoms with Crippen molar-refractivity contribution in [3.05, 3.63) is 54.2 Å². The van der Waals surface area contributed by atoms with E-state index >= 15 is 0 Å². The molecule has 0 amide bonds. The van der Waals surface area contributed by atoms with Gasteiger partial charge in [0.25, 0.3) is 0 Å². The van der Waals surface area contributed by atoms with Gasteiger partial charge in [-0.15, -0.1) is 11.3 Å². The van der Waals surface area contributed by atoms with Crippen molar-refractivity contribution in [3.8, 4) is 0 Å². The standard InChI is InChI=1S/C13H10ClIOS/c1-2-9-4-6-12(17-9)13(16)8-3-5-11(15)10(14)7-8/h3-7H,2H2,1H3. The fourth-order valence-corrected chi connectivity index (χ4v) is 2.90. The van der Waals surface area contributed by atoms with Gasteiger partial charge in [0.15, 0.2) is 0 Å². The average molecular weight is 377 g/mol. The number of carbonyl (C=O) groups excluding carboxylic acids is 1. The molecule has 88 valence electrons. The molecule has 0 fully saturated rings. The van der Waals surface area contributed by atoms with Gasteiger partial charge in [0.1, 0.15) is 0 Å². The second kappa shape index (κ2) is 5.50. The molecule has 0 aliphatic rings. The predicted molar refractivity (Wildman–Crippen MR) is 81.3 cm³/mol. The quantitative estimate of drug-likeness (QED) is 0.555. The summed E-state index contributed by atoms with van der Waals surface area (Å²) in [6, 6.07) is 9.31. The van der Waals surface area contributed by atoms with Crippen LogP contribution in [0.25, 0.3) is 0 Å². The second-order valence-corrected chi connectivity index (χ2v) is 6.32. The molecule has 0 N–H and O–H groups in total. The summed E-state index contributed by atoms with van der Waals surface area (Å²) >= 11 is 9.72. The van der Waals surface area contributed by atoms with Crippen molar-refractivity contribution in [2.45, 2.75) is 13.3 Å². The molecule has 2 rings (SSSR count). The maximum absolute atomic E-state index is 12.2. The Morgan fingerprint density at radius 1 is 1.35 bits per heavy atom. The van der Waals surface area contributed by atoms with Crippen LogP contribution in [0.15, 0.2) is 30.3 Å². The molecule has 0 aliphatic heterocycles. The third-order valence-electron chi connectivity index (χ3n) is 2.42. The molecule has 17 heavy (non-hydrogen) atoms. The number of benzene rings is 1. The summed E-state index contributed by atoms with van der Waals surface area (Å²) in [6.07, 6.45) is 0.964. The summed E-state index contributed by atoms with van der Waals surface area (Å²) in [7, 11) is 0. The van der Waals surface area contributed by atoms with Gasteiger partial charge in [0.2, 0.25) is 5.78 Å². The number of carbonyl (C=O) groups is 1. The fraction of sp³-hybridized carbons (Fsp3) is 0.154. The molecule has 0 saturated carbocycles. The first-order chi connectivity index (χ1) is 8.11. The number of aryl methyl sites for hydroxylation is 1. The van der Waals surface area contributed by atoms with Crippen LogP contribution in [0.2, 0.25) is 5.02 Å². The van der Waals surface area contributed by atoms with Crippen molar-refractivity contribution >= 4 is 51.3 Å². The molecule has 0 aliphatic carbocycles. The third-order valence-corrected chi connectivity index (χ3v) is 5.22. The fourth-order valence-electron chi connectivity index (χ4n) is 1.47. The van der Waals surface area contributed by atoms with Crippen LogP contribution >= 0.6 is 45.5 Å². The minimum atomic E-state index is 0.0491. The van der Waals surface area contributed by atoms with Crippen LogP contribution in [-0.4, -0.2) is 5.78 Å². The number of ketones is 1. The smallest absolute Gasteiger partial charge is 0.203 e.